The summed E-state index contributed by atoms with van der Waals surface area (Å²) in [6.07, 6.45) is 1.30. The number of carbonyl (C=O) groups is 1. The highest BCUT2D eigenvalue weighted by Gasteiger charge is 2.04. The molecule has 5 nitrogen and oxygen atoms in total. The summed E-state index contributed by atoms with van der Waals surface area (Å²) < 4.78 is 0. The number of hydrogen-bond donors (Lipinski definition) is 3. The van der Waals surface area contributed by atoms with Crippen molar-refractivity contribution in [3.63, 3.8) is 0 Å². The summed E-state index contributed by atoms with van der Waals surface area (Å²) in [5.74, 6) is -0.779. The number of aromatic amines is 1. The van der Waals surface area contributed by atoms with Gasteiger partial charge in [0.15, 0.2) is 0 Å². The summed E-state index contributed by atoms with van der Waals surface area (Å²) in [5.41, 5.74) is 9.82. The van der Waals surface area contributed by atoms with E-state index >= 15 is 0 Å². The average molecular weight is 153 g/mol. The quantitative estimate of drug-likeness (QED) is 0.485. The Kier molecular flexibility index (Phi) is 1.63. The van der Waals surface area contributed by atoms with Crippen LogP contribution in [0.1, 0.15) is 10.4 Å². The first kappa shape index (κ1) is 7.33. The fourth-order valence-corrected chi connectivity index (χ4v) is 0.684. The van der Waals surface area contributed by atoms with Gasteiger partial charge in [0.25, 0.3) is 11.5 Å². The smallest absolute Gasteiger partial charge is 0.260 e. The maximum atomic E-state index is 10.8. The van der Waals surface area contributed by atoms with Gasteiger partial charge < -0.3 is 16.5 Å². The second-order valence-electron chi connectivity index (χ2n) is 2.04. The van der Waals surface area contributed by atoms with Crippen LogP contribution in [0.4, 0.5) is 5.69 Å². The number of aromatic nitrogens is 1. The number of nitrogens with two attached hydrogens (primary N) is 2. The lowest BCUT2D eigenvalue weighted by Gasteiger charge is -1.94. The van der Waals surface area contributed by atoms with Crippen LogP contribution < -0.4 is 17.0 Å². The Morgan fingerprint density at radius 1 is 1.55 bits per heavy atom. The Morgan fingerprint density at radius 3 is 2.64 bits per heavy atom. The molecular formula is C6H7N3O2. The van der Waals surface area contributed by atoms with Gasteiger partial charge in [-0.05, 0) is 6.07 Å². The molecule has 0 bridgehead atoms. The number of carbonyl (C=O) groups excluding carboxylic acids is 1. The number of pyridine rings is 1. The lowest BCUT2D eigenvalue weighted by atomic mass is 10.2. The molecule has 1 amide bonds. The predicted molar refractivity (Wildman–Crippen MR) is 40.0 cm³/mol. The van der Waals surface area contributed by atoms with Crippen molar-refractivity contribution in [2.45, 2.75) is 0 Å². The minimum atomic E-state index is -0.779. The summed E-state index contributed by atoms with van der Waals surface area (Å²) in [6.45, 7) is 0. The predicted octanol–water partition coefficient (Wildman–Crippen LogP) is -0.944. The molecule has 5 heteroatoms. The van der Waals surface area contributed by atoms with Gasteiger partial charge >= 0.3 is 0 Å². The summed E-state index contributed by atoms with van der Waals surface area (Å²) in [5, 5.41) is 0. The summed E-state index contributed by atoms with van der Waals surface area (Å²) >= 11 is 0. The van der Waals surface area contributed by atoms with E-state index in [-0.39, 0.29) is 5.56 Å². The zero-order valence-electron chi connectivity index (χ0n) is 5.63. The third kappa shape index (κ3) is 1.37. The van der Waals surface area contributed by atoms with Gasteiger partial charge in [-0.15, -0.1) is 0 Å². The van der Waals surface area contributed by atoms with Crippen molar-refractivity contribution >= 4 is 11.6 Å². The van der Waals surface area contributed by atoms with Crippen molar-refractivity contribution in [3.8, 4) is 0 Å². The molecule has 0 aliphatic carbocycles. The highest BCUT2D eigenvalue weighted by Crippen LogP contribution is 1.97. The highest BCUT2D eigenvalue weighted by molar-refractivity contribution is 5.93. The van der Waals surface area contributed by atoms with Crippen molar-refractivity contribution in [1.29, 1.82) is 0 Å². The largest absolute Gasteiger partial charge is 0.398 e. The maximum Gasteiger partial charge on any atom is 0.260 e. The normalized spacial score (nSPS) is 9.45. The SMILES string of the molecule is NC(=O)c1cc(N)c[nH]c1=O. The number of nitrogen functional groups attached to an aromatic ring is 1. The Morgan fingerprint density at radius 2 is 2.18 bits per heavy atom. The molecule has 5 N–H and O–H groups in total. The summed E-state index contributed by atoms with van der Waals surface area (Å²) in [6, 6.07) is 1.24. The molecule has 0 saturated carbocycles. The zero-order valence-corrected chi connectivity index (χ0v) is 5.63. The average Bonchev–Trinajstić information content (AvgIpc) is 1.94. The standard InChI is InChI=1S/C6H7N3O2/c7-3-1-4(5(8)10)6(11)9-2-3/h1-2H,7H2,(H2,8,10)(H,9,11). The van der Waals surface area contributed by atoms with E-state index in [4.69, 9.17) is 11.5 Å². The van der Waals surface area contributed by atoms with Gasteiger partial charge in [0.2, 0.25) is 0 Å². The molecule has 0 unspecified atom stereocenters. The molecular weight excluding hydrogens is 146 g/mol. The lowest BCUT2D eigenvalue weighted by molar-refractivity contribution is 0.0999. The number of hydrogen-bond acceptors (Lipinski definition) is 3. The lowest BCUT2D eigenvalue weighted by Crippen LogP contribution is -2.23. The molecule has 0 radical (unpaired) electrons. The molecule has 1 rings (SSSR count). The molecule has 1 aromatic rings. The van der Waals surface area contributed by atoms with E-state index < -0.39 is 11.5 Å². The van der Waals surface area contributed by atoms with Gasteiger partial charge in [-0.3, -0.25) is 9.59 Å². The van der Waals surface area contributed by atoms with Crippen LogP contribution in [0.2, 0.25) is 0 Å². The van der Waals surface area contributed by atoms with Crippen LogP contribution in [-0.2, 0) is 0 Å². The van der Waals surface area contributed by atoms with Crippen LogP contribution in [0.25, 0.3) is 0 Å². The first-order chi connectivity index (χ1) is 5.11. The third-order valence-electron chi connectivity index (χ3n) is 1.19. The number of rotatable bonds is 1. The van der Waals surface area contributed by atoms with E-state index in [9.17, 15) is 9.59 Å². The van der Waals surface area contributed by atoms with Gasteiger partial charge in [-0.2, -0.15) is 0 Å². The molecule has 0 aliphatic rings. The van der Waals surface area contributed by atoms with E-state index in [0.29, 0.717) is 5.69 Å². The Bertz CT molecular complexity index is 342. The second-order valence-corrected chi connectivity index (χ2v) is 2.04. The number of nitrogens with one attached hydrogen (secondary N) is 1. The van der Waals surface area contributed by atoms with Crippen molar-refractivity contribution in [1.82, 2.24) is 4.98 Å². The number of amides is 1. The van der Waals surface area contributed by atoms with Gasteiger partial charge in [-0.25, -0.2) is 0 Å². The first-order valence-corrected chi connectivity index (χ1v) is 2.89. The van der Waals surface area contributed by atoms with Gasteiger partial charge in [0.05, 0.1) is 0 Å². The number of anilines is 1. The number of H-pyrrole nitrogens is 1. The Labute approximate surface area is 62.0 Å². The zero-order chi connectivity index (χ0) is 8.43. The molecule has 58 valence electrons. The minimum absolute atomic E-state index is 0.120. The molecule has 1 heterocycles. The van der Waals surface area contributed by atoms with Crippen molar-refractivity contribution in [2.75, 3.05) is 5.73 Å². The van der Waals surface area contributed by atoms with E-state index in [1.54, 1.807) is 0 Å². The molecule has 0 aromatic carbocycles. The van der Waals surface area contributed by atoms with Crippen LogP contribution in [0, 0.1) is 0 Å². The van der Waals surface area contributed by atoms with Crippen LogP contribution in [0.5, 0.6) is 0 Å². The molecule has 0 fully saturated rings. The van der Waals surface area contributed by atoms with Crippen LogP contribution in [0.3, 0.4) is 0 Å². The van der Waals surface area contributed by atoms with E-state index in [0.717, 1.165) is 0 Å². The highest BCUT2D eigenvalue weighted by atomic mass is 16.2. The monoisotopic (exact) mass is 153 g/mol. The van der Waals surface area contributed by atoms with E-state index in [2.05, 4.69) is 4.98 Å². The molecule has 0 spiro atoms. The van der Waals surface area contributed by atoms with Gasteiger partial charge in [0.1, 0.15) is 5.56 Å². The van der Waals surface area contributed by atoms with Crippen LogP contribution in [-0.4, -0.2) is 10.9 Å². The molecule has 1 aromatic heterocycles. The van der Waals surface area contributed by atoms with Crippen LogP contribution in [0.15, 0.2) is 17.1 Å². The van der Waals surface area contributed by atoms with Gasteiger partial charge in [0, 0.05) is 11.9 Å². The summed E-state index contributed by atoms with van der Waals surface area (Å²) in [4.78, 5) is 23.6. The molecule has 0 saturated heterocycles. The first-order valence-electron chi connectivity index (χ1n) is 2.89. The third-order valence-corrected chi connectivity index (χ3v) is 1.19. The van der Waals surface area contributed by atoms with E-state index in [1.165, 1.54) is 12.3 Å². The second kappa shape index (κ2) is 2.45. The van der Waals surface area contributed by atoms with E-state index in [1.807, 2.05) is 0 Å². The Hall–Kier alpha value is -1.78. The Balaban J connectivity index is 3.35. The maximum absolute atomic E-state index is 10.8. The number of primary amides is 1. The van der Waals surface area contributed by atoms with Gasteiger partial charge in [-0.1, -0.05) is 0 Å². The van der Waals surface area contributed by atoms with Crippen molar-refractivity contribution in [2.24, 2.45) is 5.73 Å². The molecule has 11 heavy (non-hydrogen) atoms. The minimum Gasteiger partial charge on any atom is -0.398 e. The fourth-order valence-electron chi connectivity index (χ4n) is 0.684. The van der Waals surface area contributed by atoms with Crippen molar-refractivity contribution in [3.05, 3.63) is 28.2 Å². The molecule has 0 aliphatic heterocycles. The van der Waals surface area contributed by atoms with Crippen molar-refractivity contribution < 1.29 is 4.79 Å². The van der Waals surface area contributed by atoms with Crippen LogP contribution >= 0.6 is 0 Å². The molecule has 0 atom stereocenters. The fraction of sp³-hybridized carbons (Fsp3) is 0. The topological polar surface area (TPSA) is 102 Å². The summed E-state index contributed by atoms with van der Waals surface area (Å²) in [7, 11) is 0.